The maximum atomic E-state index is 11.6. The van der Waals surface area contributed by atoms with Crippen molar-refractivity contribution in [1.82, 2.24) is 4.90 Å². The first kappa shape index (κ1) is 17.4. The Morgan fingerprint density at radius 3 is 2.62 bits per heavy atom. The van der Waals surface area contributed by atoms with E-state index in [1.54, 1.807) is 6.92 Å². The number of hydrogen-bond donors (Lipinski definition) is 2. The van der Waals surface area contributed by atoms with Crippen molar-refractivity contribution in [2.45, 2.75) is 49.7 Å². The highest BCUT2D eigenvalue weighted by atomic mass is 16.5. The average Bonchev–Trinajstić information content (AvgIpc) is 2.56. The van der Waals surface area contributed by atoms with Gasteiger partial charge in [0.25, 0.3) is 5.91 Å². The number of nitrogens with two attached hydrogens (primary N) is 1. The zero-order valence-electron chi connectivity index (χ0n) is 14.4. The molecule has 0 aromatic heterocycles. The van der Waals surface area contributed by atoms with Crippen LogP contribution in [0.1, 0.15) is 44.1 Å². The van der Waals surface area contributed by atoms with E-state index in [0.29, 0.717) is 25.6 Å². The predicted octanol–water partition coefficient (Wildman–Crippen LogP) is 1.65. The van der Waals surface area contributed by atoms with Crippen LogP contribution >= 0.6 is 0 Å². The standard InChI is InChI=1S/C19H28N2O3/c1-18(17(20)22)13-21(11-12-24-18)14-19(23)9-7-16(8-10-19)15-5-3-2-4-6-15/h2-6,16,23H,7-14H2,1H3,(H2,20,22)/t16?,18-,19?/m0/s1. The van der Waals surface area contributed by atoms with Gasteiger partial charge in [-0.05, 0) is 44.1 Å². The molecule has 1 heterocycles. The summed E-state index contributed by atoms with van der Waals surface area (Å²) in [5, 5.41) is 11.0. The minimum absolute atomic E-state index is 0.438. The van der Waals surface area contributed by atoms with Crippen LogP contribution in [0.15, 0.2) is 30.3 Å². The SMILES string of the molecule is C[C@@]1(C(N)=O)CN(CC2(O)CCC(c3ccccc3)CC2)CCO1. The molecule has 132 valence electrons. The van der Waals surface area contributed by atoms with Gasteiger partial charge in [0, 0.05) is 19.6 Å². The first-order chi connectivity index (χ1) is 11.4. The zero-order valence-corrected chi connectivity index (χ0v) is 14.4. The molecule has 1 aliphatic heterocycles. The Morgan fingerprint density at radius 2 is 2.00 bits per heavy atom. The smallest absolute Gasteiger partial charge is 0.250 e. The second kappa shape index (κ2) is 6.82. The van der Waals surface area contributed by atoms with Crippen molar-refractivity contribution in [3.05, 3.63) is 35.9 Å². The monoisotopic (exact) mass is 332 g/mol. The van der Waals surface area contributed by atoms with Gasteiger partial charge in [0.2, 0.25) is 0 Å². The summed E-state index contributed by atoms with van der Waals surface area (Å²) in [7, 11) is 0. The van der Waals surface area contributed by atoms with Gasteiger partial charge >= 0.3 is 0 Å². The lowest BCUT2D eigenvalue weighted by atomic mass is 9.76. The molecule has 5 nitrogen and oxygen atoms in total. The molecule has 1 amide bonds. The second-order valence-corrected chi connectivity index (χ2v) is 7.56. The van der Waals surface area contributed by atoms with Crippen LogP contribution in [0.2, 0.25) is 0 Å². The molecule has 5 heteroatoms. The summed E-state index contributed by atoms with van der Waals surface area (Å²) in [6.07, 6.45) is 3.57. The van der Waals surface area contributed by atoms with Gasteiger partial charge in [-0.15, -0.1) is 0 Å². The van der Waals surface area contributed by atoms with Crippen LogP contribution in [0.3, 0.4) is 0 Å². The van der Waals surface area contributed by atoms with Gasteiger partial charge in [0.15, 0.2) is 5.60 Å². The Kier molecular flexibility index (Phi) is 4.95. The van der Waals surface area contributed by atoms with Crippen molar-refractivity contribution in [1.29, 1.82) is 0 Å². The molecular formula is C19H28N2O3. The molecule has 1 aromatic rings. The highest BCUT2D eigenvalue weighted by Crippen LogP contribution is 2.38. The van der Waals surface area contributed by atoms with E-state index >= 15 is 0 Å². The molecule has 1 aliphatic carbocycles. The van der Waals surface area contributed by atoms with Crippen molar-refractivity contribution in [3.63, 3.8) is 0 Å². The van der Waals surface area contributed by atoms with Gasteiger partial charge in [-0.2, -0.15) is 0 Å². The number of carbonyl (C=O) groups is 1. The highest BCUT2D eigenvalue weighted by Gasteiger charge is 2.41. The summed E-state index contributed by atoms with van der Waals surface area (Å²) >= 11 is 0. The van der Waals surface area contributed by atoms with Crippen molar-refractivity contribution < 1.29 is 14.6 Å². The van der Waals surface area contributed by atoms with Crippen LogP contribution in [-0.4, -0.2) is 53.4 Å². The van der Waals surface area contributed by atoms with Crippen LogP contribution < -0.4 is 5.73 Å². The van der Waals surface area contributed by atoms with E-state index < -0.39 is 17.1 Å². The first-order valence-corrected chi connectivity index (χ1v) is 8.84. The number of β-amino-alcohol motifs (C(OH)–C–C–N with tert-alkyl or cyclic N) is 1. The Bertz CT molecular complexity index is 569. The van der Waals surface area contributed by atoms with Crippen LogP contribution in [0.5, 0.6) is 0 Å². The van der Waals surface area contributed by atoms with Gasteiger partial charge in [-0.1, -0.05) is 30.3 Å². The Labute approximate surface area is 143 Å². The van der Waals surface area contributed by atoms with Crippen molar-refractivity contribution in [2.24, 2.45) is 5.73 Å². The van der Waals surface area contributed by atoms with E-state index in [1.807, 2.05) is 6.07 Å². The summed E-state index contributed by atoms with van der Waals surface area (Å²) in [5.74, 6) is 0.0963. The number of amides is 1. The molecule has 3 rings (SSSR count). The molecule has 1 saturated carbocycles. The molecule has 24 heavy (non-hydrogen) atoms. The number of benzene rings is 1. The number of aliphatic hydroxyl groups is 1. The number of nitrogens with zero attached hydrogens (tertiary/aromatic N) is 1. The number of morpholine rings is 1. The van der Waals surface area contributed by atoms with Gasteiger partial charge in [-0.25, -0.2) is 0 Å². The van der Waals surface area contributed by atoms with Crippen LogP contribution in [-0.2, 0) is 9.53 Å². The van der Waals surface area contributed by atoms with Crippen molar-refractivity contribution >= 4 is 5.91 Å². The Hall–Kier alpha value is -1.43. The number of primary amides is 1. The number of rotatable bonds is 4. The third kappa shape index (κ3) is 3.79. The molecular weight excluding hydrogens is 304 g/mol. The quantitative estimate of drug-likeness (QED) is 0.879. The number of hydrogen-bond acceptors (Lipinski definition) is 4. The predicted molar refractivity (Wildman–Crippen MR) is 92.6 cm³/mol. The Morgan fingerprint density at radius 1 is 1.33 bits per heavy atom. The average molecular weight is 332 g/mol. The fourth-order valence-corrected chi connectivity index (χ4v) is 4.02. The third-order valence-corrected chi connectivity index (χ3v) is 5.58. The fraction of sp³-hybridized carbons (Fsp3) is 0.632. The van der Waals surface area contributed by atoms with Gasteiger partial charge in [0.05, 0.1) is 12.2 Å². The molecule has 0 radical (unpaired) electrons. The molecule has 2 aliphatic rings. The molecule has 2 fully saturated rings. The first-order valence-electron chi connectivity index (χ1n) is 8.84. The van der Waals surface area contributed by atoms with Gasteiger partial charge < -0.3 is 15.6 Å². The van der Waals surface area contributed by atoms with E-state index in [9.17, 15) is 9.90 Å². The minimum Gasteiger partial charge on any atom is -0.389 e. The van der Waals surface area contributed by atoms with E-state index in [1.165, 1.54) is 5.56 Å². The lowest BCUT2D eigenvalue weighted by molar-refractivity contribution is -0.157. The van der Waals surface area contributed by atoms with E-state index in [4.69, 9.17) is 10.5 Å². The second-order valence-electron chi connectivity index (χ2n) is 7.56. The number of carbonyl (C=O) groups excluding carboxylic acids is 1. The topological polar surface area (TPSA) is 75.8 Å². The fourth-order valence-electron chi connectivity index (χ4n) is 4.02. The maximum absolute atomic E-state index is 11.6. The third-order valence-electron chi connectivity index (χ3n) is 5.58. The lowest BCUT2D eigenvalue weighted by Crippen LogP contribution is -2.59. The Balaban J connectivity index is 1.57. The van der Waals surface area contributed by atoms with Crippen molar-refractivity contribution in [2.75, 3.05) is 26.2 Å². The van der Waals surface area contributed by atoms with Crippen LogP contribution in [0.25, 0.3) is 0 Å². The normalized spacial score (nSPS) is 34.8. The van der Waals surface area contributed by atoms with E-state index in [2.05, 4.69) is 29.2 Å². The summed E-state index contributed by atoms with van der Waals surface area (Å²) in [6.45, 7) is 3.97. The van der Waals surface area contributed by atoms with Gasteiger partial charge in [0.1, 0.15) is 0 Å². The molecule has 0 bridgehead atoms. The molecule has 1 saturated heterocycles. The maximum Gasteiger partial charge on any atom is 0.250 e. The lowest BCUT2D eigenvalue weighted by Gasteiger charge is -2.44. The van der Waals surface area contributed by atoms with E-state index in [-0.39, 0.29) is 0 Å². The van der Waals surface area contributed by atoms with Gasteiger partial charge in [-0.3, -0.25) is 9.69 Å². The highest BCUT2D eigenvalue weighted by molar-refractivity contribution is 5.83. The summed E-state index contributed by atoms with van der Waals surface area (Å²) in [4.78, 5) is 13.7. The molecule has 3 N–H and O–H groups in total. The summed E-state index contributed by atoms with van der Waals surface area (Å²) in [6, 6.07) is 10.5. The largest absolute Gasteiger partial charge is 0.389 e. The van der Waals surface area contributed by atoms with Crippen LogP contribution in [0.4, 0.5) is 0 Å². The number of ether oxygens (including phenoxy) is 1. The zero-order chi connectivity index (χ0) is 17.2. The van der Waals surface area contributed by atoms with E-state index in [0.717, 1.165) is 32.2 Å². The molecule has 1 atom stereocenters. The van der Waals surface area contributed by atoms with Crippen molar-refractivity contribution in [3.8, 4) is 0 Å². The van der Waals surface area contributed by atoms with Crippen LogP contribution in [0, 0.1) is 0 Å². The minimum atomic E-state index is -0.949. The summed E-state index contributed by atoms with van der Waals surface area (Å²) in [5.41, 5.74) is 5.20. The molecule has 0 unspecified atom stereocenters. The molecule has 0 spiro atoms. The summed E-state index contributed by atoms with van der Waals surface area (Å²) < 4.78 is 5.56. The molecule has 1 aromatic carbocycles.